The summed E-state index contributed by atoms with van der Waals surface area (Å²) in [6, 6.07) is 3.15. The second kappa shape index (κ2) is 4.92. The van der Waals surface area contributed by atoms with Gasteiger partial charge in [0.2, 0.25) is 0 Å². The molecule has 0 aliphatic rings. The summed E-state index contributed by atoms with van der Waals surface area (Å²) >= 11 is 0. The lowest BCUT2D eigenvalue weighted by atomic mass is 10.2. The van der Waals surface area contributed by atoms with Crippen LogP contribution >= 0.6 is 0 Å². The van der Waals surface area contributed by atoms with Gasteiger partial charge < -0.3 is 4.74 Å². The maximum Gasteiger partial charge on any atom is 0.483 e. The van der Waals surface area contributed by atoms with E-state index in [2.05, 4.69) is 10.6 Å². The van der Waals surface area contributed by atoms with Crippen LogP contribution in [0.4, 0.5) is 14.5 Å². The van der Waals surface area contributed by atoms with Gasteiger partial charge in [0, 0.05) is 6.07 Å². The number of hydrogen-bond acceptors (Lipinski definition) is 5. The molecule has 0 atom stereocenters. The average Bonchev–Trinajstić information content (AvgIpc) is 2.30. The number of ether oxygens (including phenoxy) is 1. The van der Waals surface area contributed by atoms with Crippen LogP contribution in [-0.4, -0.2) is 16.9 Å². The lowest BCUT2D eigenvalue weighted by Gasteiger charge is -2.16. The van der Waals surface area contributed by atoms with E-state index < -0.39 is 28.4 Å². The van der Waals surface area contributed by atoms with Gasteiger partial charge in [-0.3, -0.25) is 20.3 Å². The summed E-state index contributed by atoms with van der Waals surface area (Å²) in [6.45, 7) is 1.40. The molecule has 0 fully saturated rings. The van der Waals surface area contributed by atoms with Gasteiger partial charge in [0.05, 0.1) is 11.0 Å². The van der Waals surface area contributed by atoms with Crippen molar-refractivity contribution < 1.29 is 23.2 Å². The number of non-ortho nitro benzene ring substituents is 1. The van der Waals surface area contributed by atoms with Crippen molar-refractivity contribution in [2.75, 3.05) is 0 Å². The average molecular weight is 261 g/mol. The van der Waals surface area contributed by atoms with Crippen LogP contribution in [0.25, 0.3) is 0 Å². The molecule has 0 aliphatic carbocycles. The van der Waals surface area contributed by atoms with Crippen LogP contribution in [0, 0.1) is 17.0 Å². The van der Waals surface area contributed by atoms with Crippen LogP contribution < -0.4 is 16.0 Å². The highest BCUT2D eigenvalue weighted by molar-refractivity contribution is 5.81. The summed E-state index contributed by atoms with van der Waals surface area (Å²) in [5.41, 5.74) is 1.02. The highest BCUT2D eigenvalue weighted by Crippen LogP contribution is 2.28. The predicted octanol–water partition coefficient (Wildman–Crippen LogP) is 0.865. The Morgan fingerprint density at radius 1 is 1.56 bits per heavy atom. The van der Waals surface area contributed by atoms with Crippen LogP contribution in [-0.2, 0) is 4.79 Å². The van der Waals surface area contributed by atoms with Gasteiger partial charge in [0.15, 0.2) is 0 Å². The molecule has 7 nitrogen and oxygen atoms in total. The zero-order valence-electron chi connectivity index (χ0n) is 9.15. The molecule has 9 heteroatoms. The van der Waals surface area contributed by atoms with E-state index in [0.29, 0.717) is 0 Å². The first-order chi connectivity index (χ1) is 8.27. The molecular weight excluding hydrogens is 252 g/mol. The summed E-state index contributed by atoms with van der Waals surface area (Å²) in [4.78, 5) is 20.4. The molecule has 1 aromatic rings. The number of amides is 1. The number of hydrazine groups is 1. The number of aryl methyl sites for hydroxylation is 1. The SMILES string of the molecule is Cc1ccc([N+](=O)[O-])cc1OC(F)(F)C(=O)NN. The number of nitrogens with zero attached hydrogens (tertiary/aromatic N) is 1. The molecule has 0 saturated heterocycles. The molecule has 0 unspecified atom stereocenters. The van der Waals surface area contributed by atoms with Crippen molar-refractivity contribution >= 4 is 11.6 Å². The summed E-state index contributed by atoms with van der Waals surface area (Å²) in [5, 5.41) is 10.5. The fraction of sp³-hybridized carbons (Fsp3) is 0.222. The number of hydrogen-bond donors (Lipinski definition) is 2. The Kier molecular flexibility index (Phi) is 3.76. The van der Waals surface area contributed by atoms with Gasteiger partial charge in [-0.25, -0.2) is 5.84 Å². The molecule has 3 N–H and O–H groups in total. The Labute approximate surface area is 99.6 Å². The molecule has 0 aromatic heterocycles. The van der Waals surface area contributed by atoms with E-state index >= 15 is 0 Å². The van der Waals surface area contributed by atoms with Crippen molar-refractivity contribution in [3.05, 3.63) is 33.9 Å². The molecule has 0 saturated carbocycles. The van der Waals surface area contributed by atoms with E-state index in [1.165, 1.54) is 18.4 Å². The number of rotatable bonds is 4. The van der Waals surface area contributed by atoms with Crippen LogP contribution in [0.3, 0.4) is 0 Å². The number of nitrogens with one attached hydrogen (secondary N) is 1. The molecule has 1 rings (SSSR count). The van der Waals surface area contributed by atoms with Gasteiger partial charge in [-0.2, -0.15) is 8.78 Å². The van der Waals surface area contributed by atoms with Crippen molar-refractivity contribution in [1.82, 2.24) is 5.43 Å². The van der Waals surface area contributed by atoms with E-state index in [1.54, 1.807) is 0 Å². The number of nitro groups is 1. The van der Waals surface area contributed by atoms with Crippen molar-refractivity contribution in [1.29, 1.82) is 0 Å². The van der Waals surface area contributed by atoms with Gasteiger partial charge >= 0.3 is 12.0 Å². The van der Waals surface area contributed by atoms with Crippen molar-refractivity contribution in [2.45, 2.75) is 13.0 Å². The maximum absolute atomic E-state index is 13.1. The number of alkyl halides is 2. The Hall–Kier alpha value is -2.29. The molecule has 1 amide bonds. The Balaban J connectivity index is 3.07. The van der Waals surface area contributed by atoms with Crippen molar-refractivity contribution in [3.8, 4) is 5.75 Å². The molecule has 98 valence electrons. The number of carbonyl (C=O) groups is 1. The lowest BCUT2D eigenvalue weighted by Crippen LogP contribution is -2.47. The quantitative estimate of drug-likeness (QED) is 0.362. The highest BCUT2D eigenvalue weighted by Gasteiger charge is 2.42. The summed E-state index contributed by atoms with van der Waals surface area (Å²) in [7, 11) is 0. The van der Waals surface area contributed by atoms with Gasteiger partial charge in [0.1, 0.15) is 5.75 Å². The van der Waals surface area contributed by atoms with E-state index in [1.807, 2.05) is 0 Å². The first-order valence-electron chi connectivity index (χ1n) is 4.61. The monoisotopic (exact) mass is 261 g/mol. The standard InChI is InChI=1S/C9H9F2N3O4/c1-5-2-3-6(14(16)17)4-7(5)18-9(10,11)8(15)13-12/h2-4H,12H2,1H3,(H,13,15). The molecular formula is C9H9F2N3O4. The third kappa shape index (κ3) is 2.88. The number of benzene rings is 1. The van der Waals surface area contributed by atoms with E-state index in [-0.39, 0.29) is 5.56 Å². The second-order valence-electron chi connectivity index (χ2n) is 3.30. The Bertz CT molecular complexity index is 493. The van der Waals surface area contributed by atoms with Gasteiger partial charge in [-0.15, -0.1) is 0 Å². The minimum atomic E-state index is -4.21. The molecule has 1 aromatic carbocycles. The van der Waals surface area contributed by atoms with E-state index in [0.717, 1.165) is 12.1 Å². The van der Waals surface area contributed by atoms with Gasteiger partial charge in [-0.1, -0.05) is 0 Å². The Morgan fingerprint density at radius 3 is 2.67 bits per heavy atom. The molecule has 0 aliphatic heterocycles. The van der Waals surface area contributed by atoms with Crippen LogP contribution in [0.1, 0.15) is 5.56 Å². The summed E-state index contributed by atoms with van der Waals surface area (Å²) < 4.78 is 30.4. The number of halogens is 2. The third-order valence-corrected chi connectivity index (χ3v) is 2.02. The topological polar surface area (TPSA) is 107 Å². The minimum absolute atomic E-state index is 0.213. The van der Waals surface area contributed by atoms with E-state index in [9.17, 15) is 23.7 Å². The van der Waals surface area contributed by atoms with Gasteiger partial charge in [0.25, 0.3) is 5.69 Å². The largest absolute Gasteiger partial charge is 0.483 e. The fourth-order valence-electron chi connectivity index (χ4n) is 1.08. The summed E-state index contributed by atoms with van der Waals surface area (Å²) in [5.74, 6) is 2.23. The summed E-state index contributed by atoms with van der Waals surface area (Å²) in [6.07, 6.45) is -4.21. The van der Waals surface area contributed by atoms with Crippen LogP contribution in [0.5, 0.6) is 5.75 Å². The molecule has 0 radical (unpaired) electrons. The number of nitro benzene ring substituents is 1. The molecule has 18 heavy (non-hydrogen) atoms. The first kappa shape index (κ1) is 13.8. The van der Waals surface area contributed by atoms with Gasteiger partial charge in [-0.05, 0) is 18.6 Å². The van der Waals surface area contributed by atoms with Crippen molar-refractivity contribution in [3.63, 3.8) is 0 Å². The van der Waals surface area contributed by atoms with Crippen LogP contribution in [0.15, 0.2) is 18.2 Å². The minimum Gasteiger partial charge on any atom is -0.425 e. The molecule has 0 spiro atoms. The lowest BCUT2D eigenvalue weighted by molar-refractivity contribution is -0.385. The number of carbonyl (C=O) groups excluding carboxylic acids is 1. The molecule has 0 bridgehead atoms. The second-order valence-corrected chi connectivity index (χ2v) is 3.30. The zero-order chi connectivity index (χ0) is 13.9. The highest BCUT2D eigenvalue weighted by atomic mass is 19.3. The van der Waals surface area contributed by atoms with Crippen LogP contribution in [0.2, 0.25) is 0 Å². The Morgan fingerprint density at radius 2 is 2.17 bits per heavy atom. The first-order valence-corrected chi connectivity index (χ1v) is 4.61. The number of nitrogens with two attached hydrogens (primary N) is 1. The third-order valence-electron chi connectivity index (χ3n) is 2.02. The smallest absolute Gasteiger partial charge is 0.425 e. The maximum atomic E-state index is 13.1. The molecule has 0 heterocycles. The fourth-order valence-corrected chi connectivity index (χ4v) is 1.08. The normalized spacial score (nSPS) is 10.9. The van der Waals surface area contributed by atoms with Crippen molar-refractivity contribution in [2.24, 2.45) is 5.84 Å². The van der Waals surface area contributed by atoms with E-state index in [4.69, 9.17) is 0 Å². The zero-order valence-corrected chi connectivity index (χ0v) is 9.15. The predicted molar refractivity (Wildman–Crippen MR) is 55.7 cm³/mol.